The van der Waals surface area contributed by atoms with Crippen LogP contribution in [0.4, 0.5) is 5.00 Å². The molecule has 2 heterocycles. The molecule has 0 aliphatic rings. The summed E-state index contributed by atoms with van der Waals surface area (Å²) >= 11 is 1.29. The van der Waals surface area contributed by atoms with Crippen molar-refractivity contribution in [2.24, 2.45) is 0 Å². The molecule has 0 saturated carbocycles. The average Bonchev–Trinajstić information content (AvgIpc) is 3.09. The molecular formula is C15H18N2O3S. The first-order chi connectivity index (χ1) is 10.1. The Morgan fingerprint density at radius 2 is 2.05 bits per heavy atom. The Morgan fingerprint density at radius 3 is 2.62 bits per heavy atom. The number of hydrogen-bond acceptors (Lipinski definition) is 4. The lowest BCUT2D eigenvalue weighted by atomic mass is 10.2. The lowest BCUT2D eigenvalue weighted by Crippen LogP contribution is -2.30. The van der Waals surface area contributed by atoms with Gasteiger partial charge in [0.1, 0.15) is 0 Å². The number of hydrogen-bond donors (Lipinski definition) is 1. The molecule has 0 saturated heterocycles. The summed E-state index contributed by atoms with van der Waals surface area (Å²) in [6, 6.07) is 5.06. The van der Waals surface area contributed by atoms with Crippen LogP contribution < -0.4 is 5.32 Å². The number of aryl methyl sites for hydroxylation is 1. The molecule has 6 heteroatoms. The quantitative estimate of drug-likeness (QED) is 0.921. The third-order valence-corrected chi connectivity index (χ3v) is 4.28. The van der Waals surface area contributed by atoms with Gasteiger partial charge in [-0.3, -0.25) is 9.59 Å². The summed E-state index contributed by atoms with van der Waals surface area (Å²) in [4.78, 5) is 26.7. The van der Waals surface area contributed by atoms with Crippen molar-refractivity contribution in [3.63, 3.8) is 0 Å². The van der Waals surface area contributed by atoms with Gasteiger partial charge in [-0.05, 0) is 44.5 Å². The molecule has 21 heavy (non-hydrogen) atoms. The maximum absolute atomic E-state index is 12.4. The minimum Gasteiger partial charge on any atom is -0.459 e. The lowest BCUT2D eigenvalue weighted by molar-refractivity contribution is 0.0777. The second-order valence-electron chi connectivity index (χ2n) is 4.53. The molecule has 5 nitrogen and oxygen atoms in total. The molecule has 0 atom stereocenters. The number of furan rings is 1. The molecule has 0 radical (unpaired) electrons. The van der Waals surface area contributed by atoms with Crippen LogP contribution in [0, 0.1) is 6.92 Å². The van der Waals surface area contributed by atoms with Gasteiger partial charge >= 0.3 is 0 Å². The fourth-order valence-electron chi connectivity index (χ4n) is 1.99. The van der Waals surface area contributed by atoms with E-state index in [0.29, 0.717) is 23.0 Å². The molecular weight excluding hydrogens is 288 g/mol. The van der Waals surface area contributed by atoms with Crippen LogP contribution in [0.5, 0.6) is 0 Å². The number of nitrogens with one attached hydrogen (secondary N) is 1. The van der Waals surface area contributed by atoms with Crippen LogP contribution in [0.3, 0.4) is 0 Å². The van der Waals surface area contributed by atoms with E-state index in [1.807, 2.05) is 26.8 Å². The van der Waals surface area contributed by atoms with Crippen LogP contribution in [-0.2, 0) is 0 Å². The van der Waals surface area contributed by atoms with Gasteiger partial charge in [0.05, 0.1) is 16.1 Å². The number of nitrogens with zero attached hydrogens (tertiary/aromatic N) is 1. The summed E-state index contributed by atoms with van der Waals surface area (Å²) in [6.45, 7) is 7.10. The molecule has 0 fully saturated rings. The Labute approximate surface area is 127 Å². The van der Waals surface area contributed by atoms with Crippen LogP contribution in [0.1, 0.15) is 39.6 Å². The van der Waals surface area contributed by atoms with Crippen molar-refractivity contribution >= 4 is 28.2 Å². The molecule has 0 spiro atoms. The van der Waals surface area contributed by atoms with Crippen molar-refractivity contribution in [1.82, 2.24) is 4.90 Å². The summed E-state index contributed by atoms with van der Waals surface area (Å²) in [5.74, 6) is -0.0678. The van der Waals surface area contributed by atoms with Crippen LogP contribution in [0.2, 0.25) is 0 Å². The number of carbonyl (C=O) groups excluding carboxylic acids is 2. The summed E-state index contributed by atoms with van der Waals surface area (Å²) < 4.78 is 5.04. The molecule has 0 bridgehead atoms. The minimum atomic E-state index is -0.317. The van der Waals surface area contributed by atoms with E-state index < -0.39 is 0 Å². The molecule has 0 aromatic carbocycles. The molecule has 0 aliphatic heterocycles. The van der Waals surface area contributed by atoms with Crippen molar-refractivity contribution in [2.75, 3.05) is 18.4 Å². The fraction of sp³-hybridized carbons (Fsp3) is 0.333. The molecule has 2 aromatic heterocycles. The highest BCUT2D eigenvalue weighted by atomic mass is 32.1. The summed E-state index contributed by atoms with van der Waals surface area (Å²) in [6.07, 6.45) is 1.45. The molecule has 0 aliphatic carbocycles. The van der Waals surface area contributed by atoms with Gasteiger partial charge in [-0.15, -0.1) is 11.3 Å². The zero-order valence-electron chi connectivity index (χ0n) is 12.3. The number of amides is 2. The standard InChI is InChI=1S/C15H18N2O3S/c1-4-17(5-2)15(19)13-10(3)9-12(21-13)16-14(18)11-7-6-8-20-11/h6-9H,4-5H2,1-3H3,(H,16,18). The van der Waals surface area contributed by atoms with Crippen molar-refractivity contribution < 1.29 is 14.0 Å². The average molecular weight is 306 g/mol. The van der Waals surface area contributed by atoms with E-state index in [0.717, 1.165) is 5.56 Å². The van der Waals surface area contributed by atoms with Gasteiger partial charge in [0.2, 0.25) is 0 Å². The predicted octanol–water partition coefficient (Wildman–Crippen LogP) is 3.38. The summed E-state index contributed by atoms with van der Waals surface area (Å²) in [5.41, 5.74) is 0.867. The van der Waals surface area contributed by atoms with E-state index in [9.17, 15) is 9.59 Å². The Morgan fingerprint density at radius 1 is 1.33 bits per heavy atom. The highest BCUT2D eigenvalue weighted by Gasteiger charge is 2.19. The first-order valence-electron chi connectivity index (χ1n) is 6.81. The Kier molecular flexibility index (Phi) is 4.80. The smallest absolute Gasteiger partial charge is 0.291 e. The largest absolute Gasteiger partial charge is 0.459 e. The zero-order valence-corrected chi connectivity index (χ0v) is 13.1. The first kappa shape index (κ1) is 15.3. The van der Waals surface area contributed by atoms with Crippen LogP contribution in [-0.4, -0.2) is 29.8 Å². The monoisotopic (exact) mass is 306 g/mol. The van der Waals surface area contributed by atoms with E-state index >= 15 is 0 Å². The van der Waals surface area contributed by atoms with E-state index in [-0.39, 0.29) is 17.6 Å². The van der Waals surface area contributed by atoms with Gasteiger partial charge in [-0.25, -0.2) is 0 Å². The van der Waals surface area contributed by atoms with Gasteiger partial charge in [-0.1, -0.05) is 0 Å². The van der Waals surface area contributed by atoms with Crippen LogP contribution >= 0.6 is 11.3 Å². The lowest BCUT2D eigenvalue weighted by Gasteiger charge is -2.17. The molecule has 0 unspecified atom stereocenters. The van der Waals surface area contributed by atoms with Crippen LogP contribution in [0.15, 0.2) is 28.9 Å². The van der Waals surface area contributed by atoms with Crippen molar-refractivity contribution in [1.29, 1.82) is 0 Å². The van der Waals surface area contributed by atoms with Gasteiger partial charge < -0.3 is 14.6 Å². The van der Waals surface area contributed by atoms with E-state index in [2.05, 4.69) is 5.32 Å². The normalized spacial score (nSPS) is 10.4. The Hall–Kier alpha value is -2.08. The maximum atomic E-state index is 12.4. The van der Waals surface area contributed by atoms with Gasteiger partial charge in [0.15, 0.2) is 5.76 Å². The second kappa shape index (κ2) is 6.58. The van der Waals surface area contributed by atoms with Gasteiger partial charge in [0.25, 0.3) is 11.8 Å². The molecule has 2 amide bonds. The van der Waals surface area contributed by atoms with Crippen molar-refractivity contribution in [3.05, 3.63) is 40.7 Å². The molecule has 112 valence electrons. The van der Waals surface area contributed by atoms with Crippen molar-refractivity contribution in [3.8, 4) is 0 Å². The first-order valence-corrected chi connectivity index (χ1v) is 7.63. The van der Waals surface area contributed by atoms with E-state index in [1.165, 1.54) is 17.6 Å². The van der Waals surface area contributed by atoms with E-state index in [1.54, 1.807) is 17.0 Å². The topological polar surface area (TPSA) is 62.6 Å². The number of anilines is 1. The molecule has 1 N–H and O–H groups in total. The Bertz CT molecular complexity index is 627. The third-order valence-electron chi connectivity index (χ3n) is 3.14. The predicted molar refractivity (Wildman–Crippen MR) is 83.0 cm³/mol. The fourth-order valence-corrected chi connectivity index (χ4v) is 3.03. The third kappa shape index (κ3) is 3.33. The summed E-state index contributed by atoms with van der Waals surface area (Å²) in [5, 5.41) is 3.39. The zero-order chi connectivity index (χ0) is 15.4. The summed E-state index contributed by atoms with van der Waals surface area (Å²) in [7, 11) is 0. The maximum Gasteiger partial charge on any atom is 0.291 e. The number of thiophene rings is 1. The highest BCUT2D eigenvalue weighted by Crippen LogP contribution is 2.28. The number of carbonyl (C=O) groups is 2. The highest BCUT2D eigenvalue weighted by molar-refractivity contribution is 7.18. The number of rotatable bonds is 5. The van der Waals surface area contributed by atoms with Gasteiger partial charge in [-0.2, -0.15) is 0 Å². The second-order valence-corrected chi connectivity index (χ2v) is 5.58. The molecule has 2 aromatic rings. The molecule has 2 rings (SSSR count). The minimum absolute atomic E-state index is 0.000924. The SMILES string of the molecule is CCN(CC)C(=O)c1sc(NC(=O)c2ccco2)cc1C. The van der Waals surface area contributed by atoms with Crippen molar-refractivity contribution in [2.45, 2.75) is 20.8 Å². The van der Waals surface area contributed by atoms with Gasteiger partial charge in [0, 0.05) is 13.1 Å². The Balaban J connectivity index is 2.16. The van der Waals surface area contributed by atoms with E-state index in [4.69, 9.17) is 4.42 Å². The van der Waals surface area contributed by atoms with Crippen LogP contribution in [0.25, 0.3) is 0 Å².